The Labute approximate surface area is 94.6 Å². The summed E-state index contributed by atoms with van der Waals surface area (Å²) in [6, 6.07) is 6.41. The van der Waals surface area contributed by atoms with Crippen LogP contribution in [0.1, 0.15) is 17.7 Å². The van der Waals surface area contributed by atoms with Gasteiger partial charge in [-0.15, -0.1) is 0 Å². The number of aryl methyl sites for hydroxylation is 1. The quantitative estimate of drug-likeness (QED) is 0.766. The van der Waals surface area contributed by atoms with E-state index in [0.717, 1.165) is 25.0 Å². The van der Waals surface area contributed by atoms with E-state index in [1.165, 1.54) is 22.2 Å². The number of aromatic amines is 1. The summed E-state index contributed by atoms with van der Waals surface area (Å²) in [5, 5.41) is 1.22. The maximum Gasteiger partial charge on any atom is 0.128 e. The smallest absolute Gasteiger partial charge is 0.128 e. The Balaban J connectivity index is 2.27. The first-order valence-electron chi connectivity index (χ1n) is 5.71. The van der Waals surface area contributed by atoms with Crippen molar-refractivity contribution in [3.05, 3.63) is 29.5 Å². The summed E-state index contributed by atoms with van der Waals surface area (Å²) in [4.78, 5) is 3.48. The topological polar surface area (TPSA) is 51.0 Å². The molecule has 0 fully saturated rings. The number of hydrogen-bond donors (Lipinski definition) is 2. The third kappa shape index (κ3) is 1.32. The fourth-order valence-corrected chi connectivity index (χ4v) is 2.64. The Morgan fingerprint density at radius 3 is 3.12 bits per heavy atom. The minimum atomic E-state index is 0.288. The number of fused-ring (bicyclic) bond motifs is 3. The van der Waals surface area contributed by atoms with Crippen molar-refractivity contribution in [1.29, 1.82) is 0 Å². The molecule has 1 aromatic heterocycles. The highest BCUT2D eigenvalue weighted by molar-refractivity contribution is 5.90. The molecule has 0 bridgehead atoms. The monoisotopic (exact) mass is 216 g/mol. The summed E-state index contributed by atoms with van der Waals surface area (Å²) in [5.41, 5.74) is 9.89. The van der Waals surface area contributed by atoms with Gasteiger partial charge in [0.2, 0.25) is 0 Å². The zero-order valence-electron chi connectivity index (χ0n) is 9.42. The SMILES string of the molecule is COc1cccc2[nH]c3c(c12)CC(N)CC3. The minimum absolute atomic E-state index is 0.288. The van der Waals surface area contributed by atoms with E-state index in [-0.39, 0.29) is 6.04 Å². The normalized spacial score (nSPS) is 19.8. The minimum Gasteiger partial charge on any atom is -0.496 e. The summed E-state index contributed by atoms with van der Waals surface area (Å²) in [6.07, 6.45) is 3.08. The Hall–Kier alpha value is -1.48. The van der Waals surface area contributed by atoms with E-state index >= 15 is 0 Å². The molecule has 0 aliphatic heterocycles. The lowest BCUT2D eigenvalue weighted by Gasteiger charge is -2.18. The molecule has 0 saturated carbocycles. The van der Waals surface area contributed by atoms with Crippen molar-refractivity contribution in [2.24, 2.45) is 5.73 Å². The number of rotatable bonds is 1. The van der Waals surface area contributed by atoms with E-state index in [0.29, 0.717) is 0 Å². The fraction of sp³-hybridized carbons (Fsp3) is 0.385. The van der Waals surface area contributed by atoms with Crippen molar-refractivity contribution in [3.63, 3.8) is 0 Å². The summed E-state index contributed by atoms with van der Waals surface area (Å²) < 4.78 is 5.43. The predicted octanol–water partition coefficient (Wildman–Crippen LogP) is 1.99. The second-order valence-electron chi connectivity index (χ2n) is 4.47. The second kappa shape index (κ2) is 3.52. The average Bonchev–Trinajstić information content (AvgIpc) is 2.66. The van der Waals surface area contributed by atoms with Crippen LogP contribution in [0.3, 0.4) is 0 Å². The van der Waals surface area contributed by atoms with Crippen molar-refractivity contribution in [2.45, 2.75) is 25.3 Å². The Kier molecular flexibility index (Phi) is 2.14. The van der Waals surface area contributed by atoms with Crippen LogP contribution < -0.4 is 10.5 Å². The van der Waals surface area contributed by atoms with Crippen molar-refractivity contribution in [2.75, 3.05) is 7.11 Å². The van der Waals surface area contributed by atoms with Crippen molar-refractivity contribution >= 4 is 10.9 Å². The molecule has 1 aromatic carbocycles. The van der Waals surface area contributed by atoms with Crippen LogP contribution in [-0.4, -0.2) is 18.1 Å². The zero-order chi connectivity index (χ0) is 11.1. The van der Waals surface area contributed by atoms with Gasteiger partial charge in [-0.3, -0.25) is 0 Å². The van der Waals surface area contributed by atoms with Gasteiger partial charge >= 0.3 is 0 Å². The Morgan fingerprint density at radius 1 is 1.44 bits per heavy atom. The lowest BCUT2D eigenvalue weighted by molar-refractivity contribution is 0.419. The molecule has 0 spiro atoms. The van der Waals surface area contributed by atoms with Crippen LogP contribution >= 0.6 is 0 Å². The van der Waals surface area contributed by atoms with E-state index in [1.807, 2.05) is 12.1 Å². The summed E-state index contributed by atoms with van der Waals surface area (Å²) >= 11 is 0. The molecular formula is C13H16N2O. The van der Waals surface area contributed by atoms with Crippen LogP contribution in [0.15, 0.2) is 18.2 Å². The van der Waals surface area contributed by atoms with Crippen LogP contribution in [-0.2, 0) is 12.8 Å². The number of methoxy groups -OCH3 is 1. The molecule has 0 amide bonds. The Bertz CT molecular complexity index is 530. The van der Waals surface area contributed by atoms with Gasteiger partial charge in [0.25, 0.3) is 0 Å². The number of H-pyrrole nitrogens is 1. The molecule has 3 N–H and O–H groups in total. The number of nitrogens with two attached hydrogens (primary N) is 1. The molecule has 3 heteroatoms. The van der Waals surface area contributed by atoms with Gasteiger partial charge in [-0.2, -0.15) is 0 Å². The predicted molar refractivity (Wildman–Crippen MR) is 64.9 cm³/mol. The molecular weight excluding hydrogens is 200 g/mol. The maximum atomic E-state index is 6.04. The van der Waals surface area contributed by atoms with Gasteiger partial charge in [-0.1, -0.05) is 6.07 Å². The van der Waals surface area contributed by atoms with E-state index in [2.05, 4.69) is 11.1 Å². The molecule has 2 aromatic rings. The van der Waals surface area contributed by atoms with Crippen LogP contribution in [0.2, 0.25) is 0 Å². The highest BCUT2D eigenvalue weighted by Gasteiger charge is 2.21. The maximum absolute atomic E-state index is 6.04. The van der Waals surface area contributed by atoms with Crippen molar-refractivity contribution in [1.82, 2.24) is 4.98 Å². The van der Waals surface area contributed by atoms with E-state index in [4.69, 9.17) is 10.5 Å². The lowest BCUT2D eigenvalue weighted by atomic mass is 9.92. The Morgan fingerprint density at radius 2 is 2.31 bits per heavy atom. The van der Waals surface area contributed by atoms with Crippen molar-refractivity contribution < 1.29 is 4.74 Å². The third-order valence-electron chi connectivity index (χ3n) is 3.43. The molecule has 1 heterocycles. The van der Waals surface area contributed by atoms with Gasteiger partial charge in [0, 0.05) is 22.6 Å². The molecule has 1 atom stereocenters. The number of hydrogen-bond acceptors (Lipinski definition) is 2. The molecule has 1 unspecified atom stereocenters. The van der Waals surface area contributed by atoms with Crippen LogP contribution in [0, 0.1) is 0 Å². The third-order valence-corrected chi connectivity index (χ3v) is 3.43. The molecule has 3 nitrogen and oxygen atoms in total. The molecule has 0 saturated heterocycles. The average molecular weight is 216 g/mol. The molecule has 1 aliphatic carbocycles. The highest BCUT2D eigenvalue weighted by Crippen LogP contribution is 2.34. The molecule has 84 valence electrons. The van der Waals surface area contributed by atoms with Gasteiger partial charge in [0.15, 0.2) is 0 Å². The van der Waals surface area contributed by atoms with Crippen LogP contribution in [0.25, 0.3) is 10.9 Å². The molecule has 3 rings (SSSR count). The second-order valence-corrected chi connectivity index (χ2v) is 4.47. The zero-order valence-corrected chi connectivity index (χ0v) is 9.42. The standard InChI is InChI=1S/C13H16N2O/c1-16-12-4-2-3-11-13(12)9-7-8(14)5-6-10(9)15-11/h2-4,8,15H,5-7,14H2,1H3. The van der Waals surface area contributed by atoms with Crippen LogP contribution in [0.4, 0.5) is 0 Å². The first kappa shape index (κ1) is 9.73. The summed E-state index contributed by atoms with van der Waals surface area (Å²) in [7, 11) is 1.72. The highest BCUT2D eigenvalue weighted by atomic mass is 16.5. The van der Waals surface area contributed by atoms with Crippen LogP contribution in [0.5, 0.6) is 5.75 Å². The number of nitrogens with one attached hydrogen (secondary N) is 1. The van der Waals surface area contributed by atoms with Gasteiger partial charge in [-0.25, -0.2) is 0 Å². The molecule has 16 heavy (non-hydrogen) atoms. The molecule has 0 radical (unpaired) electrons. The van der Waals surface area contributed by atoms with E-state index in [9.17, 15) is 0 Å². The lowest BCUT2D eigenvalue weighted by Crippen LogP contribution is -2.27. The van der Waals surface area contributed by atoms with Gasteiger partial charge in [-0.05, 0) is 37.0 Å². The van der Waals surface area contributed by atoms with E-state index in [1.54, 1.807) is 7.11 Å². The first-order chi connectivity index (χ1) is 7.79. The van der Waals surface area contributed by atoms with E-state index < -0.39 is 0 Å². The molecule has 1 aliphatic rings. The number of ether oxygens (including phenoxy) is 1. The summed E-state index contributed by atoms with van der Waals surface area (Å²) in [6.45, 7) is 0. The summed E-state index contributed by atoms with van der Waals surface area (Å²) in [5.74, 6) is 0.948. The number of benzene rings is 1. The first-order valence-corrected chi connectivity index (χ1v) is 5.71. The largest absolute Gasteiger partial charge is 0.496 e. The number of aromatic nitrogens is 1. The van der Waals surface area contributed by atoms with Gasteiger partial charge in [0.05, 0.1) is 7.11 Å². The fourth-order valence-electron chi connectivity index (χ4n) is 2.64. The van der Waals surface area contributed by atoms with Crippen molar-refractivity contribution in [3.8, 4) is 5.75 Å². The van der Waals surface area contributed by atoms with Gasteiger partial charge < -0.3 is 15.5 Å². The van der Waals surface area contributed by atoms with Gasteiger partial charge in [0.1, 0.15) is 5.75 Å².